The Hall–Kier alpha value is -1.51. The van der Waals surface area contributed by atoms with Crippen molar-refractivity contribution in [2.45, 2.75) is 26.7 Å². The predicted octanol–water partition coefficient (Wildman–Crippen LogP) is 2.88. The molecule has 1 atom stereocenters. The van der Waals surface area contributed by atoms with Crippen molar-refractivity contribution in [3.05, 3.63) is 28.8 Å². The highest BCUT2D eigenvalue weighted by atomic mass is 16.4. The Morgan fingerprint density at radius 1 is 1.47 bits per heavy atom. The molecule has 1 unspecified atom stereocenters. The highest BCUT2D eigenvalue weighted by Crippen LogP contribution is 2.42. The molecule has 0 spiro atoms. The van der Waals surface area contributed by atoms with Crippen LogP contribution in [0.1, 0.15) is 41.3 Å². The number of hydrogen-bond donors (Lipinski definition) is 1. The molecular weight excluding hydrogens is 214 g/mol. The summed E-state index contributed by atoms with van der Waals surface area (Å²) in [5.74, 6) is 0.247. The molecule has 1 aromatic rings. The van der Waals surface area contributed by atoms with Gasteiger partial charge in [0.25, 0.3) is 0 Å². The fourth-order valence-electron chi connectivity index (χ4n) is 2.81. The van der Waals surface area contributed by atoms with E-state index < -0.39 is 5.97 Å². The third kappa shape index (κ3) is 1.79. The van der Waals surface area contributed by atoms with Crippen LogP contribution in [-0.4, -0.2) is 24.7 Å². The van der Waals surface area contributed by atoms with Gasteiger partial charge < -0.3 is 10.0 Å². The normalized spacial score (nSPS) is 18.6. The Kier molecular flexibility index (Phi) is 2.86. The maximum absolute atomic E-state index is 11.1. The maximum Gasteiger partial charge on any atom is 0.336 e. The number of nitrogens with zero attached hydrogens (tertiary/aromatic N) is 1. The second kappa shape index (κ2) is 4.06. The molecule has 1 N–H and O–H groups in total. The predicted molar refractivity (Wildman–Crippen MR) is 69.0 cm³/mol. The number of carboxylic acid groups (broad SMARTS) is 1. The summed E-state index contributed by atoms with van der Waals surface area (Å²) in [6.45, 7) is 7.32. The monoisotopic (exact) mass is 233 g/mol. The topological polar surface area (TPSA) is 40.5 Å². The second-order valence-corrected chi connectivity index (χ2v) is 5.21. The highest BCUT2D eigenvalue weighted by molar-refractivity contribution is 5.92. The van der Waals surface area contributed by atoms with Crippen LogP contribution in [0, 0.1) is 12.8 Å². The molecule has 0 amide bonds. The van der Waals surface area contributed by atoms with Gasteiger partial charge in [-0.2, -0.15) is 0 Å². The molecule has 1 aromatic carbocycles. The molecule has 17 heavy (non-hydrogen) atoms. The van der Waals surface area contributed by atoms with Gasteiger partial charge in [0.2, 0.25) is 0 Å². The van der Waals surface area contributed by atoms with Gasteiger partial charge in [-0.25, -0.2) is 4.79 Å². The quantitative estimate of drug-likeness (QED) is 0.853. The van der Waals surface area contributed by atoms with Crippen LogP contribution >= 0.6 is 0 Å². The number of carboxylic acids is 1. The average molecular weight is 233 g/mol. The van der Waals surface area contributed by atoms with Gasteiger partial charge in [-0.05, 0) is 30.0 Å². The van der Waals surface area contributed by atoms with Gasteiger partial charge in [-0.3, -0.25) is 0 Å². The molecule has 1 aliphatic heterocycles. The van der Waals surface area contributed by atoms with Gasteiger partial charge in [0, 0.05) is 25.2 Å². The summed E-state index contributed by atoms with van der Waals surface area (Å²) in [4.78, 5) is 13.3. The van der Waals surface area contributed by atoms with E-state index in [1.54, 1.807) is 6.07 Å². The average Bonchev–Trinajstić information content (AvgIpc) is 2.56. The molecule has 0 saturated carbocycles. The number of likely N-dealkylation sites (N-methyl/N-ethyl adjacent to an activating group) is 1. The van der Waals surface area contributed by atoms with Crippen LogP contribution in [0.25, 0.3) is 0 Å². The molecule has 0 bridgehead atoms. The Balaban J connectivity index is 2.57. The number of benzene rings is 1. The van der Waals surface area contributed by atoms with Crippen molar-refractivity contribution in [1.29, 1.82) is 0 Å². The zero-order chi connectivity index (χ0) is 12.7. The summed E-state index contributed by atoms with van der Waals surface area (Å²) in [6.07, 6.45) is 0. The van der Waals surface area contributed by atoms with Crippen molar-refractivity contribution < 1.29 is 9.90 Å². The van der Waals surface area contributed by atoms with Gasteiger partial charge in [-0.15, -0.1) is 0 Å². The lowest BCUT2D eigenvalue weighted by Gasteiger charge is -2.16. The molecule has 0 aliphatic carbocycles. The lowest BCUT2D eigenvalue weighted by Crippen LogP contribution is -2.18. The molecule has 0 fully saturated rings. The van der Waals surface area contributed by atoms with E-state index in [0.29, 0.717) is 17.4 Å². The van der Waals surface area contributed by atoms with Crippen LogP contribution in [0.15, 0.2) is 12.1 Å². The minimum atomic E-state index is -0.841. The first kappa shape index (κ1) is 12.0. The van der Waals surface area contributed by atoms with Crippen molar-refractivity contribution >= 4 is 11.7 Å². The zero-order valence-electron chi connectivity index (χ0n) is 10.8. The van der Waals surface area contributed by atoms with Crippen LogP contribution in [0.4, 0.5) is 5.69 Å². The Labute approximate surface area is 102 Å². The molecule has 0 saturated heterocycles. The van der Waals surface area contributed by atoms with E-state index >= 15 is 0 Å². The summed E-state index contributed by atoms with van der Waals surface area (Å²) in [5, 5.41) is 9.14. The fraction of sp³-hybridized carbons (Fsp3) is 0.500. The van der Waals surface area contributed by atoms with E-state index in [1.807, 2.05) is 20.0 Å². The van der Waals surface area contributed by atoms with Crippen LogP contribution < -0.4 is 4.90 Å². The minimum absolute atomic E-state index is 0.417. The van der Waals surface area contributed by atoms with Crippen molar-refractivity contribution in [3.8, 4) is 0 Å². The van der Waals surface area contributed by atoms with Crippen molar-refractivity contribution in [2.24, 2.45) is 5.92 Å². The van der Waals surface area contributed by atoms with E-state index in [4.69, 9.17) is 5.11 Å². The summed E-state index contributed by atoms with van der Waals surface area (Å²) in [6, 6.07) is 3.73. The van der Waals surface area contributed by atoms with Gasteiger partial charge in [0.05, 0.1) is 5.56 Å². The van der Waals surface area contributed by atoms with Gasteiger partial charge in [-0.1, -0.05) is 19.9 Å². The van der Waals surface area contributed by atoms with E-state index in [2.05, 4.69) is 18.7 Å². The molecule has 2 rings (SSSR count). The summed E-state index contributed by atoms with van der Waals surface area (Å²) in [7, 11) is 2.04. The Morgan fingerprint density at radius 2 is 2.12 bits per heavy atom. The molecule has 3 nitrogen and oxygen atoms in total. The first-order valence-electron chi connectivity index (χ1n) is 6.01. The van der Waals surface area contributed by atoms with Gasteiger partial charge in [0.15, 0.2) is 0 Å². The Morgan fingerprint density at radius 3 is 2.65 bits per heavy atom. The van der Waals surface area contributed by atoms with Crippen molar-refractivity contribution in [3.63, 3.8) is 0 Å². The first-order valence-corrected chi connectivity index (χ1v) is 6.01. The summed E-state index contributed by atoms with van der Waals surface area (Å²) < 4.78 is 0. The molecular formula is C14H19NO2. The third-order valence-corrected chi connectivity index (χ3v) is 3.75. The lowest BCUT2D eigenvalue weighted by atomic mass is 9.88. The number of carbonyl (C=O) groups is 1. The van der Waals surface area contributed by atoms with Crippen LogP contribution in [-0.2, 0) is 0 Å². The molecule has 3 heteroatoms. The smallest absolute Gasteiger partial charge is 0.336 e. The SMILES string of the molecule is Cc1c(C(=O)O)ccc2c1N(C)CC2C(C)C. The number of rotatable bonds is 2. The van der Waals surface area contributed by atoms with Gasteiger partial charge in [0.1, 0.15) is 0 Å². The van der Waals surface area contributed by atoms with Crippen LogP contribution in [0.5, 0.6) is 0 Å². The lowest BCUT2D eigenvalue weighted by molar-refractivity contribution is 0.0696. The standard InChI is InChI=1S/C14H19NO2/c1-8(2)12-7-15(4)13-9(3)10(14(16)17)5-6-11(12)13/h5-6,8,12H,7H2,1-4H3,(H,16,17). The fourth-order valence-corrected chi connectivity index (χ4v) is 2.81. The zero-order valence-corrected chi connectivity index (χ0v) is 10.8. The highest BCUT2D eigenvalue weighted by Gasteiger charge is 2.31. The third-order valence-electron chi connectivity index (χ3n) is 3.75. The second-order valence-electron chi connectivity index (χ2n) is 5.21. The molecule has 92 valence electrons. The van der Waals surface area contributed by atoms with E-state index in [9.17, 15) is 4.79 Å². The molecule has 0 aromatic heterocycles. The minimum Gasteiger partial charge on any atom is -0.478 e. The molecule has 1 aliphatic rings. The molecule has 1 heterocycles. The van der Waals surface area contributed by atoms with Crippen molar-refractivity contribution in [2.75, 3.05) is 18.5 Å². The van der Waals surface area contributed by atoms with E-state index in [-0.39, 0.29) is 0 Å². The largest absolute Gasteiger partial charge is 0.478 e. The number of anilines is 1. The number of aromatic carboxylic acids is 1. The van der Waals surface area contributed by atoms with Crippen LogP contribution in [0.2, 0.25) is 0 Å². The molecule has 0 radical (unpaired) electrons. The van der Waals surface area contributed by atoms with Crippen molar-refractivity contribution in [1.82, 2.24) is 0 Å². The van der Waals surface area contributed by atoms with Gasteiger partial charge >= 0.3 is 5.97 Å². The summed E-state index contributed by atoms with van der Waals surface area (Å²) >= 11 is 0. The van der Waals surface area contributed by atoms with E-state index in [1.165, 1.54) is 5.56 Å². The van der Waals surface area contributed by atoms with Crippen LogP contribution in [0.3, 0.4) is 0 Å². The number of fused-ring (bicyclic) bond motifs is 1. The maximum atomic E-state index is 11.1. The number of hydrogen-bond acceptors (Lipinski definition) is 2. The van der Waals surface area contributed by atoms with E-state index in [0.717, 1.165) is 17.8 Å². The Bertz CT molecular complexity index is 466. The first-order chi connectivity index (χ1) is 7.93. The summed E-state index contributed by atoms with van der Waals surface area (Å²) in [5.41, 5.74) is 3.72.